The van der Waals surface area contributed by atoms with Gasteiger partial charge in [-0.3, -0.25) is 0 Å². The lowest BCUT2D eigenvalue weighted by molar-refractivity contribution is 0.0862. The molecule has 0 unspecified atom stereocenters. The van der Waals surface area contributed by atoms with Crippen LogP contribution in [0.3, 0.4) is 0 Å². The molecule has 4 rings (SSSR count). The van der Waals surface area contributed by atoms with Gasteiger partial charge in [0.2, 0.25) is 5.95 Å². The number of hydrogen-bond donors (Lipinski definition) is 4. The molecule has 0 aliphatic carbocycles. The summed E-state index contributed by atoms with van der Waals surface area (Å²) in [7, 11) is 0. The summed E-state index contributed by atoms with van der Waals surface area (Å²) in [6.07, 6.45) is 4.25. The van der Waals surface area contributed by atoms with Gasteiger partial charge in [-0.2, -0.15) is 4.98 Å². The Kier molecular flexibility index (Phi) is 7.96. The number of benzene rings is 1. The van der Waals surface area contributed by atoms with E-state index in [9.17, 15) is 8.78 Å². The van der Waals surface area contributed by atoms with Gasteiger partial charge >= 0.3 is 0 Å². The van der Waals surface area contributed by atoms with E-state index >= 15 is 0 Å². The van der Waals surface area contributed by atoms with Crippen molar-refractivity contribution in [1.29, 1.82) is 0 Å². The van der Waals surface area contributed by atoms with Crippen LogP contribution in [0.15, 0.2) is 24.4 Å². The summed E-state index contributed by atoms with van der Waals surface area (Å²) in [5.74, 6) is -0.526. The van der Waals surface area contributed by atoms with Crippen LogP contribution in [0.2, 0.25) is 0 Å². The molecule has 3 heterocycles. The van der Waals surface area contributed by atoms with Crippen LogP contribution in [0, 0.1) is 11.6 Å². The zero-order valence-corrected chi connectivity index (χ0v) is 21.6. The van der Waals surface area contributed by atoms with Crippen LogP contribution in [0.4, 0.5) is 26.2 Å². The van der Waals surface area contributed by atoms with Crippen LogP contribution in [0.5, 0.6) is 5.75 Å². The highest BCUT2D eigenvalue weighted by Crippen LogP contribution is 2.31. The minimum absolute atomic E-state index is 0.0397. The number of aliphatic hydroxyl groups excluding tert-OH is 1. The molecule has 1 aromatic heterocycles. The molecule has 0 atom stereocenters. The molecule has 2 saturated heterocycles. The summed E-state index contributed by atoms with van der Waals surface area (Å²) < 4.78 is 35.2. The number of piperidine rings is 2. The Morgan fingerprint density at radius 1 is 1.11 bits per heavy atom. The molecular formula is C26H38F2N6O2. The number of rotatable bonds is 8. The Labute approximate surface area is 211 Å². The number of aromatic nitrogens is 2. The fourth-order valence-electron chi connectivity index (χ4n) is 5.52. The van der Waals surface area contributed by atoms with Crippen molar-refractivity contribution in [3.63, 3.8) is 0 Å². The fraction of sp³-hybridized carbons (Fsp3) is 0.615. The van der Waals surface area contributed by atoms with Crippen molar-refractivity contribution in [2.75, 3.05) is 36.9 Å². The first-order chi connectivity index (χ1) is 17.0. The molecule has 8 nitrogen and oxygen atoms in total. The Morgan fingerprint density at radius 2 is 1.81 bits per heavy atom. The molecule has 1 aromatic carbocycles. The number of anilines is 3. The van der Waals surface area contributed by atoms with Gasteiger partial charge in [-0.25, -0.2) is 13.8 Å². The van der Waals surface area contributed by atoms with E-state index < -0.39 is 11.6 Å². The molecule has 0 saturated carbocycles. The first-order valence-electron chi connectivity index (χ1n) is 12.7. The molecule has 2 aromatic rings. The van der Waals surface area contributed by atoms with Crippen LogP contribution in [0.1, 0.15) is 53.4 Å². The SMILES string of the molecule is CC1(C)CC(Nc2nc(Nc3ccc(OC4CCN(CCO)CC4)c(F)c3)ncc2F)CC(C)(C)N1. The van der Waals surface area contributed by atoms with Crippen molar-refractivity contribution in [2.45, 2.75) is 76.6 Å². The third kappa shape index (κ3) is 7.02. The number of nitrogens with one attached hydrogen (secondary N) is 3. The van der Waals surface area contributed by atoms with E-state index in [4.69, 9.17) is 9.84 Å². The number of β-amino-alcohol motifs (C(OH)–C–C–N with tert-alkyl or cyclic N) is 1. The predicted molar refractivity (Wildman–Crippen MR) is 137 cm³/mol. The highest BCUT2D eigenvalue weighted by Gasteiger charge is 2.38. The summed E-state index contributed by atoms with van der Waals surface area (Å²) in [6, 6.07) is 4.64. The Balaban J connectivity index is 1.38. The van der Waals surface area contributed by atoms with Crippen molar-refractivity contribution >= 4 is 17.5 Å². The van der Waals surface area contributed by atoms with E-state index in [1.807, 2.05) is 0 Å². The summed E-state index contributed by atoms with van der Waals surface area (Å²) >= 11 is 0. The van der Waals surface area contributed by atoms with E-state index in [-0.39, 0.29) is 47.3 Å². The average Bonchev–Trinajstić information content (AvgIpc) is 2.77. The molecule has 0 radical (unpaired) electrons. The van der Waals surface area contributed by atoms with E-state index in [0.29, 0.717) is 12.2 Å². The molecule has 4 N–H and O–H groups in total. The zero-order chi connectivity index (χ0) is 25.9. The third-order valence-electron chi connectivity index (χ3n) is 6.71. The van der Waals surface area contributed by atoms with Crippen LogP contribution >= 0.6 is 0 Å². The predicted octanol–water partition coefficient (Wildman–Crippen LogP) is 4.06. The lowest BCUT2D eigenvalue weighted by Crippen LogP contribution is -2.60. The zero-order valence-electron chi connectivity index (χ0n) is 21.6. The fourth-order valence-corrected chi connectivity index (χ4v) is 5.52. The van der Waals surface area contributed by atoms with Gasteiger partial charge in [0.25, 0.3) is 0 Å². The van der Waals surface area contributed by atoms with Crippen molar-refractivity contribution < 1.29 is 18.6 Å². The molecule has 0 amide bonds. The van der Waals surface area contributed by atoms with E-state index in [0.717, 1.165) is 45.0 Å². The van der Waals surface area contributed by atoms with Crippen LogP contribution in [-0.4, -0.2) is 69.4 Å². The highest BCUT2D eigenvalue weighted by molar-refractivity contribution is 5.56. The minimum atomic E-state index is -0.533. The summed E-state index contributed by atoms with van der Waals surface area (Å²) in [4.78, 5) is 10.5. The van der Waals surface area contributed by atoms with Crippen LogP contribution in [0.25, 0.3) is 0 Å². The first kappa shape index (κ1) is 26.5. The number of ether oxygens (including phenoxy) is 1. The van der Waals surface area contributed by atoms with Gasteiger partial charge in [-0.15, -0.1) is 0 Å². The second kappa shape index (κ2) is 10.8. The minimum Gasteiger partial charge on any atom is -0.487 e. The average molecular weight is 505 g/mol. The van der Waals surface area contributed by atoms with Crippen molar-refractivity contribution in [1.82, 2.24) is 20.2 Å². The van der Waals surface area contributed by atoms with Gasteiger partial charge < -0.3 is 30.7 Å². The van der Waals surface area contributed by atoms with E-state index in [1.165, 1.54) is 6.07 Å². The Hall–Kier alpha value is -2.56. The van der Waals surface area contributed by atoms with E-state index in [1.54, 1.807) is 12.1 Å². The molecule has 198 valence electrons. The Bertz CT molecular complexity index is 1030. The molecular weight excluding hydrogens is 466 g/mol. The topological polar surface area (TPSA) is 94.6 Å². The summed E-state index contributed by atoms with van der Waals surface area (Å²) in [6.45, 7) is 11.0. The Morgan fingerprint density at radius 3 is 2.44 bits per heavy atom. The van der Waals surface area contributed by atoms with Crippen molar-refractivity contribution in [2.24, 2.45) is 0 Å². The van der Waals surface area contributed by atoms with Gasteiger partial charge in [-0.05, 0) is 65.5 Å². The summed E-state index contributed by atoms with van der Waals surface area (Å²) in [5.41, 5.74) is 0.253. The lowest BCUT2D eigenvalue weighted by atomic mass is 9.79. The largest absolute Gasteiger partial charge is 0.487 e. The number of aliphatic hydroxyl groups is 1. The third-order valence-corrected chi connectivity index (χ3v) is 6.71. The van der Waals surface area contributed by atoms with Crippen LogP contribution in [-0.2, 0) is 0 Å². The summed E-state index contributed by atoms with van der Waals surface area (Å²) in [5, 5.41) is 18.9. The molecule has 2 aliphatic heterocycles. The molecule has 2 fully saturated rings. The van der Waals surface area contributed by atoms with E-state index in [2.05, 4.69) is 58.5 Å². The molecule has 10 heteroatoms. The standard InChI is InChI=1S/C26H38F2N6O2/c1-25(2)14-18(15-26(3,4)33-25)30-23-21(28)16-29-24(32-23)31-17-5-6-22(20(27)13-17)36-19-7-9-34(10-8-19)11-12-35/h5-6,13,16,18-19,33,35H,7-12,14-15H2,1-4H3,(H2,29,30,31,32). The normalized spacial score (nSPS) is 20.8. The smallest absolute Gasteiger partial charge is 0.229 e. The van der Waals surface area contributed by atoms with Gasteiger partial charge in [-0.1, -0.05) is 0 Å². The number of halogens is 2. The van der Waals surface area contributed by atoms with Gasteiger partial charge in [0.05, 0.1) is 12.8 Å². The maximum atomic E-state index is 14.8. The molecule has 0 spiro atoms. The highest BCUT2D eigenvalue weighted by atomic mass is 19.1. The second-order valence-corrected chi connectivity index (χ2v) is 11.2. The molecule has 2 aliphatic rings. The lowest BCUT2D eigenvalue weighted by Gasteiger charge is -2.46. The van der Waals surface area contributed by atoms with Crippen molar-refractivity contribution in [3.8, 4) is 5.75 Å². The monoisotopic (exact) mass is 504 g/mol. The first-order valence-corrected chi connectivity index (χ1v) is 12.7. The van der Waals surface area contributed by atoms with Gasteiger partial charge in [0.1, 0.15) is 6.10 Å². The molecule has 36 heavy (non-hydrogen) atoms. The van der Waals surface area contributed by atoms with Gasteiger partial charge in [0, 0.05) is 48.5 Å². The van der Waals surface area contributed by atoms with Crippen LogP contribution < -0.4 is 20.7 Å². The number of hydrogen-bond acceptors (Lipinski definition) is 8. The number of nitrogens with zero attached hydrogens (tertiary/aromatic N) is 3. The van der Waals surface area contributed by atoms with Gasteiger partial charge in [0.15, 0.2) is 23.2 Å². The molecule has 0 bridgehead atoms. The maximum Gasteiger partial charge on any atom is 0.229 e. The second-order valence-electron chi connectivity index (χ2n) is 11.2. The maximum absolute atomic E-state index is 14.8. The van der Waals surface area contributed by atoms with Crippen molar-refractivity contribution in [3.05, 3.63) is 36.0 Å². The quantitative estimate of drug-likeness (QED) is 0.428. The number of likely N-dealkylation sites (tertiary alicyclic amines) is 1.